The SMILES string of the molecule is O=[N+]([O-])c1ccccc1COc1ccc(Br)cc1/C=N\Nc1nc2ccccc2s1. The molecule has 1 aromatic heterocycles. The van der Waals surface area contributed by atoms with Crippen molar-refractivity contribution in [3.63, 3.8) is 0 Å². The fourth-order valence-corrected chi connectivity index (χ4v) is 3.99. The Morgan fingerprint density at radius 3 is 2.80 bits per heavy atom. The maximum Gasteiger partial charge on any atom is 0.276 e. The molecule has 0 saturated heterocycles. The van der Waals surface area contributed by atoms with Gasteiger partial charge in [-0.3, -0.25) is 15.5 Å². The number of thiazole rings is 1. The summed E-state index contributed by atoms with van der Waals surface area (Å²) in [6, 6.07) is 19.9. The average Bonchev–Trinajstić information content (AvgIpc) is 3.16. The second kappa shape index (κ2) is 9.02. The number of rotatable bonds is 7. The van der Waals surface area contributed by atoms with Crippen molar-refractivity contribution in [1.29, 1.82) is 0 Å². The van der Waals surface area contributed by atoms with Gasteiger partial charge in [-0.2, -0.15) is 5.10 Å². The predicted octanol–water partition coefficient (Wildman–Crippen LogP) is 5.99. The Balaban J connectivity index is 1.50. The second-order valence-corrected chi connectivity index (χ2v) is 8.16. The van der Waals surface area contributed by atoms with Crippen molar-refractivity contribution in [2.24, 2.45) is 5.10 Å². The first-order valence-electron chi connectivity index (χ1n) is 8.89. The number of benzene rings is 3. The van der Waals surface area contributed by atoms with Gasteiger partial charge in [0.25, 0.3) is 5.69 Å². The van der Waals surface area contributed by atoms with Gasteiger partial charge >= 0.3 is 0 Å². The average molecular weight is 483 g/mol. The number of anilines is 1. The maximum atomic E-state index is 11.2. The van der Waals surface area contributed by atoms with Crippen LogP contribution in [0.2, 0.25) is 0 Å². The number of hydrogen-bond acceptors (Lipinski definition) is 7. The van der Waals surface area contributed by atoms with Crippen LogP contribution in [-0.2, 0) is 6.61 Å². The van der Waals surface area contributed by atoms with Gasteiger partial charge in [-0.15, -0.1) is 0 Å². The minimum Gasteiger partial charge on any atom is -0.488 e. The number of ether oxygens (including phenoxy) is 1. The summed E-state index contributed by atoms with van der Waals surface area (Å²) < 4.78 is 7.80. The number of aromatic nitrogens is 1. The Morgan fingerprint density at radius 1 is 1.17 bits per heavy atom. The number of hydrogen-bond donors (Lipinski definition) is 1. The second-order valence-electron chi connectivity index (χ2n) is 6.21. The highest BCUT2D eigenvalue weighted by atomic mass is 79.9. The van der Waals surface area contributed by atoms with Gasteiger partial charge in [-0.05, 0) is 36.4 Å². The van der Waals surface area contributed by atoms with Crippen LogP contribution < -0.4 is 10.2 Å². The van der Waals surface area contributed by atoms with Crippen LogP contribution in [0.4, 0.5) is 10.8 Å². The van der Waals surface area contributed by atoms with Crippen molar-refractivity contribution >= 4 is 54.5 Å². The first-order valence-corrected chi connectivity index (χ1v) is 10.5. The number of nitrogens with zero attached hydrogens (tertiary/aromatic N) is 3. The molecule has 0 aliphatic rings. The van der Waals surface area contributed by atoms with Crippen LogP contribution in [0.3, 0.4) is 0 Å². The predicted molar refractivity (Wildman–Crippen MR) is 122 cm³/mol. The highest BCUT2D eigenvalue weighted by molar-refractivity contribution is 9.10. The van der Waals surface area contributed by atoms with E-state index in [9.17, 15) is 10.1 Å². The quantitative estimate of drug-likeness (QED) is 0.198. The molecule has 1 heterocycles. The summed E-state index contributed by atoms with van der Waals surface area (Å²) in [5.74, 6) is 0.561. The van der Waals surface area contributed by atoms with E-state index in [1.165, 1.54) is 17.4 Å². The Morgan fingerprint density at radius 2 is 1.97 bits per heavy atom. The molecule has 0 fully saturated rings. The maximum absolute atomic E-state index is 11.2. The van der Waals surface area contributed by atoms with Crippen LogP contribution in [0.25, 0.3) is 10.2 Å². The Kier molecular flexibility index (Phi) is 6.01. The minimum atomic E-state index is -0.412. The Bertz CT molecular complexity index is 1210. The molecule has 0 radical (unpaired) electrons. The highest BCUT2D eigenvalue weighted by Crippen LogP contribution is 2.27. The van der Waals surface area contributed by atoms with E-state index in [-0.39, 0.29) is 12.3 Å². The monoisotopic (exact) mass is 482 g/mol. The number of nitro benzene ring substituents is 1. The molecule has 0 unspecified atom stereocenters. The van der Waals surface area contributed by atoms with Gasteiger partial charge in [0, 0.05) is 16.1 Å². The van der Waals surface area contributed by atoms with E-state index >= 15 is 0 Å². The zero-order chi connectivity index (χ0) is 20.9. The topological polar surface area (TPSA) is 89.7 Å². The summed E-state index contributed by atoms with van der Waals surface area (Å²) in [6.07, 6.45) is 1.63. The van der Waals surface area contributed by atoms with Crippen LogP contribution in [0.5, 0.6) is 5.75 Å². The Labute approximate surface area is 184 Å². The van der Waals surface area contributed by atoms with E-state index in [4.69, 9.17) is 4.74 Å². The Hall–Kier alpha value is -3.30. The lowest BCUT2D eigenvalue weighted by molar-refractivity contribution is -0.385. The summed E-state index contributed by atoms with van der Waals surface area (Å²) in [5, 5.41) is 16.2. The van der Waals surface area contributed by atoms with Crippen LogP contribution in [-0.4, -0.2) is 16.1 Å². The van der Waals surface area contributed by atoms with Crippen molar-refractivity contribution in [1.82, 2.24) is 4.98 Å². The van der Waals surface area contributed by atoms with Gasteiger partial charge in [0.1, 0.15) is 12.4 Å². The van der Waals surface area contributed by atoms with E-state index in [2.05, 4.69) is 31.4 Å². The lowest BCUT2D eigenvalue weighted by atomic mass is 10.2. The van der Waals surface area contributed by atoms with E-state index in [1.54, 1.807) is 30.5 Å². The van der Waals surface area contributed by atoms with Crippen LogP contribution in [0.15, 0.2) is 76.3 Å². The third-order valence-electron chi connectivity index (χ3n) is 4.20. The zero-order valence-electron chi connectivity index (χ0n) is 15.5. The van der Waals surface area contributed by atoms with Gasteiger partial charge in [-0.1, -0.05) is 51.5 Å². The molecule has 0 amide bonds. The molecule has 7 nitrogen and oxygen atoms in total. The van der Waals surface area contributed by atoms with Crippen LogP contribution in [0, 0.1) is 10.1 Å². The van der Waals surface area contributed by atoms with Crippen LogP contribution >= 0.6 is 27.3 Å². The fourth-order valence-electron chi connectivity index (χ4n) is 2.80. The molecule has 0 spiro atoms. The van der Waals surface area contributed by atoms with Gasteiger partial charge < -0.3 is 4.74 Å². The molecule has 0 bridgehead atoms. The first kappa shape index (κ1) is 20.0. The molecule has 3 aromatic carbocycles. The number of fused-ring (bicyclic) bond motifs is 1. The summed E-state index contributed by atoms with van der Waals surface area (Å²) >= 11 is 4.96. The molecule has 0 aliphatic heterocycles. The zero-order valence-corrected chi connectivity index (χ0v) is 17.9. The van der Waals surface area contributed by atoms with E-state index in [1.807, 2.05) is 36.4 Å². The summed E-state index contributed by atoms with van der Waals surface area (Å²) in [4.78, 5) is 15.3. The minimum absolute atomic E-state index is 0.0299. The number of halogens is 1. The third-order valence-corrected chi connectivity index (χ3v) is 5.64. The molecular weight excluding hydrogens is 468 g/mol. The van der Waals surface area contributed by atoms with Gasteiger partial charge in [-0.25, -0.2) is 4.98 Å². The van der Waals surface area contributed by atoms with E-state index in [0.717, 1.165) is 20.3 Å². The smallest absolute Gasteiger partial charge is 0.276 e. The first-order chi connectivity index (χ1) is 14.6. The molecule has 4 aromatic rings. The van der Waals surface area contributed by atoms with Crippen LogP contribution in [0.1, 0.15) is 11.1 Å². The van der Waals surface area contributed by atoms with Gasteiger partial charge in [0.15, 0.2) is 0 Å². The van der Waals surface area contributed by atoms with Crippen molar-refractivity contribution in [2.45, 2.75) is 6.61 Å². The highest BCUT2D eigenvalue weighted by Gasteiger charge is 2.13. The molecule has 1 N–H and O–H groups in total. The van der Waals surface area contributed by atoms with E-state index in [0.29, 0.717) is 16.4 Å². The molecule has 9 heteroatoms. The molecule has 0 atom stereocenters. The normalized spacial score (nSPS) is 11.1. The number of para-hydroxylation sites is 2. The number of nitrogens with one attached hydrogen (secondary N) is 1. The van der Waals surface area contributed by atoms with E-state index < -0.39 is 4.92 Å². The molecule has 0 saturated carbocycles. The number of nitro groups is 1. The fraction of sp³-hybridized carbons (Fsp3) is 0.0476. The molecular formula is C21H15BrN4O3S. The summed E-state index contributed by atoms with van der Waals surface area (Å²) in [5.41, 5.74) is 5.11. The summed E-state index contributed by atoms with van der Waals surface area (Å²) in [7, 11) is 0. The van der Waals surface area contributed by atoms with Gasteiger partial charge in [0.05, 0.1) is 26.9 Å². The van der Waals surface area contributed by atoms with Gasteiger partial charge in [0.2, 0.25) is 5.13 Å². The standard InChI is InChI=1S/C21H15BrN4O3S/c22-16-9-10-19(29-13-14-5-1-3-7-18(14)26(27)28)15(11-16)12-23-25-21-24-17-6-2-4-8-20(17)30-21/h1-12H,13H2,(H,24,25)/b23-12-. The third kappa shape index (κ3) is 4.64. The largest absolute Gasteiger partial charge is 0.488 e. The number of hydrazone groups is 1. The lowest BCUT2D eigenvalue weighted by Crippen LogP contribution is -2.02. The molecule has 4 rings (SSSR count). The molecule has 150 valence electrons. The molecule has 0 aliphatic carbocycles. The van der Waals surface area contributed by atoms with Crippen molar-refractivity contribution < 1.29 is 9.66 Å². The van der Waals surface area contributed by atoms with Crippen molar-refractivity contribution in [3.05, 3.63) is 92.4 Å². The molecule has 30 heavy (non-hydrogen) atoms. The van der Waals surface area contributed by atoms with Crippen molar-refractivity contribution in [3.8, 4) is 5.75 Å². The van der Waals surface area contributed by atoms with Crippen molar-refractivity contribution in [2.75, 3.05) is 5.43 Å². The summed E-state index contributed by atoms with van der Waals surface area (Å²) in [6.45, 7) is 0.0743. The lowest BCUT2D eigenvalue weighted by Gasteiger charge is -2.10.